The second-order valence-electron chi connectivity index (χ2n) is 5.85. The minimum absolute atomic E-state index is 0.108. The summed E-state index contributed by atoms with van der Waals surface area (Å²) in [5, 5.41) is 11.9. The van der Waals surface area contributed by atoms with Gasteiger partial charge in [0, 0.05) is 12.0 Å². The Kier molecular flexibility index (Phi) is 5.73. The molecule has 0 unspecified atom stereocenters. The largest absolute Gasteiger partial charge is 0.481 e. The van der Waals surface area contributed by atoms with Crippen molar-refractivity contribution < 1.29 is 14.6 Å². The first-order valence-corrected chi connectivity index (χ1v) is 6.73. The molecule has 0 spiro atoms. The van der Waals surface area contributed by atoms with Gasteiger partial charge in [-0.3, -0.25) is 9.78 Å². The Hall–Kier alpha value is -1.85. The molecule has 1 aromatic rings. The van der Waals surface area contributed by atoms with E-state index in [4.69, 9.17) is 9.84 Å². The third-order valence-electron chi connectivity index (χ3n) is 2.61. The number of carboxylic acid groups (broad SMARTS) is 1. The van der Waals surface area contributed by atoms with Crippen molar-refractivity contribution >= 4 is 11.8 Å². The lowest BCUT2D eigenvalue weighted by Crippen LogP contribution is -2.32. The lowest BCUT2D eigenvalue weighted by atomic mass is 9.98. The van der Waals surface area contributed by atoms with E-state index in [1.54, 1.807) is 12.4 Å². The van der Waals surface area contributed by atoms with E-state index in [2.05, 4.69) is 29.1 Å². The molecule has 1 heterocycles. The molecular weight excluding hydrogens is 258 g/mol. The number of aliphatic carboxylic acids is 1. The molecule has 2 N–H and O–H groups in total. The van der Waals surface area contributed by atoms with Gasteiger partial charge in [-0.1, -0.05) is 13.8 Å². The average Bonchev–Trinajstić information content (AvgIpc) is 2.34. The Morgan fingerprint density at radius 3 is 2.75 bits per heavy atom. The number of aromatic nitrogens is 2. The first kappa shape index (κ1) is 16.2. The number of carbonyl (C=O) groups is 1. The fraction of sp³-hybridized carbons (Fsp3) is 0.643. The Balaban J connectivity index is 2.62. The van der Waals surface area contributed by atoms with E-state index < -0.39 is 5.97 Å². The van der Waals surface area contributed by atoms with Gasteiger partial charge in [0.2, 0.25) is 5.88 Å². The highest BCUT2D eigenvalue weighted by molar-refractivity contribution is 5.66. The molecule has 0 aliphatic rings. The number of anilines is 1. The maximum Gasteiger partial charge on any atom is 0.303 e. The van der Waals surface area contributed by atoms with Crippen LogP contribution in [0.5, 0.6) is 5.88 Å². The van der Waals surface area contributed by atoms with Crippen molar-refractivity contribution in [2.24, 2.45) is 5.92 Å². The lowest BCUT2D eigenvalue weighted by Gasteiger charge is -2.26. The minimum Gasteiger partial charge on any atom is -0.481 e. The summed E-state index contributed by atoms with van der Waals surface area (Å²) in [4.78, 5) is 19.0. The van der Waals surface area contributed by atoms with E-state index in [0.717, 1.165) is 0 Å². The van der Waals surface area contributed by atoms with E-state index in [9.17, 15) is 4.79 Å². The highest BCUT2D eigenvalue weighted by Crippen LogP contribution is 2.19. The van der Waals surface area contributed by atoms with Crippen LogP contribution < -0.4 is 10.1 Å². The maximum atomic E-state index is 10.6. The number of rotatable bonds is 8. The zero-order valence-electron chi connectivity index (χ0n) is 12.5. The first-order chi connectivity index (χ1) is 9.28. The number of hydrogen-bond acceptors (Lipinski definition) is 5. The van der Waals surface area contributed by atoms with Crippen molar-refractivity contribution in [2.45, 2.75) is 46.1 Å². The van der Waals surface area contributed by atoms with Crippen LogP contribution in [0.2, 0.25) is 0 Å². The summed E-state index contributed by atoms with van der Waals surface area (Å²) in [6, 6.07) is 0. The Morgan fingerprint density at radius 2 is 2.15 bits per heavy atom. The van der Waals surface area contributed by atoms with Crippen LogP contribution in [-0.4, -0.2) is 33.2 Å². The van der Waals surface area contributed by atoms with Gasteiger partial charge in [-0.05, 0) is 26.2 Å². The van der Waals surface area contributed by atoms with Crippen LogP contribution in [0.1, 0.15) is 40.5 Å². The molecule has 0 bridgehead atoms. The summed E-state index contributed by atoms with van der Waals surface area (Å²) >= 11 is 0. The molecule has 0 aliphatic heterocycles. The van der Waals surface area contributed by atoms with Crippen LogP contribution in [0, 0.1) is 5.92 Å². The average molecular weight is 281 g/mol. The van der Waals surface area contributed by atoms with Crippen molar-refractivity contribution in [3.05, 3.63) is 12.4 Å². The van der Waals surface area contributed by atoms with Crippen molar-refractivity contribution in [1.82, 2.24) is 9.97 Å². The Bertz CT molecular complexity index is 447. The van der Waals surface area contributed by atoms with Crippen LogP contribution in [-0.2, 0) is 4.79 Å². The molecule has 20 heavy (non-hydrogen) atoms. The normalized spacial score (nSPS) is 11.4. The van der Waals surface area contributed by atoms with E-state index in [-0.39, 0.29) is 12.0 Å². The summed E-state index contributed by atoms with van der Waals surface area (Å²) in [7, 11) is 0. The van der Waals surface area contributed by atoms with Gasteiger partial charge in [-0.25, -0.2) is 0 Å². The highest BCUT2D eigenvalue weighted by atomic mass is 16.5. The molecule has 1 rings (SSSR count). The van der Waals surface area contributed by atoms with E-state index in [1.807, 2.05) is 13.8 Å². The van der Waals surface area contributed by atoms with Crippen LogP contribution in [0.25, 0.3) is 0 Å². The summed E-state index contributed by atoms with van der Waals surface area (Å²) < 4.78 is 5.51. The molecule has 0 fully saturated rings. The molecule has 0 saturated carbocycles. The summed E-state index contributed by atoms with van der Waals surface area (Å²) in [5.41, 5.74) is -0.371. The molecule has 0 atom stereocenters. The lowest BCUT2D eigenvalue weighted by molar-refractivity contribution is -0.137. The molecule has 1 aromatic heterocycles. The van der Waals surface area contributed by atoms with Gasteiger partial charge in [0.25, 0.3) is 0 Å². The SMILES string of the molecule is CC(C)COc1cncc(NC(C)(C)CCC(=O)O)n1. The second-order valence-corrected chi connectivity index (χ2v) is 5.85. The summed E-state index contributed by atoms with van der Waals surface area (Å²) in [5.74, 6) is 0.666. The fourth-order valence-electron chi connectivity index (χ4n) is 1.56. The molecule has 6 heteroatoms. The third kappa shape index (κ3) is 6.36. The van der Waals surface area contributed by atoms with Gasteiger partial charge in [0.05, 0.1) is 19.0 Å². The smallest absolute Gasteiger partial charge is 0.303 e. The Labute approximate surface area is 119 Å². The predicted octanol–water partition coefficient (Wildman–Crippen LogP) is 2.57. The van der Waals surface area contributed by atoms with E-state index in [0.29, 0.717) is 30.6 Å². The zero-order chi connectivity index (χ0) is 15.2. The third-order valence-corrected chi connectivity index (χ3v) is 2.61. The van der Waals surface area contributed by atoms with Gasteiger partial charge in [-0.15, -0.1) is 0 Å². The van der Waals surface area contributed by atoms with Gasteiger partial charge in [0.1, 0.15) is 5.82 Å². The number of nitrogens with one attached hydrogen (secondary N) is 1. The molecule has 0 amide bonds. The summed E-state index contributed by atoms with van der Waals surface area (Å²) in [6.45, 7) is 8.56. The van der Waals surface area contributed by atoms with Crippen molar-refractivity contribution in [3.63, 3.8) is 0 Å². The Morgan fingerprint density at radius 1 is 1.45 bits per heavy atom. The van der Waals surface area contributed by atoms with Crippen molar-refractivity contribution in [2.75, 3.05) is 11.9 Å². The first-order valence-electron chi connectivity index (χ1n) is 6.73. The second kappa shape index (κ2) is 7.07. The zero-order valence-corrected chi connectivity index (χ0v) is 12.5. The summed E-state index contributed by atoms with van der Waals surface area (Å²) in [6.07, 6.45) is 3.78. The maximum absolute atomic E-state index is 10.6. The molecular formula is C14H23N3O3. The van der Waals surface area contributed by atoms with Gasteiger partial charge < -0.3 is 15.2 Å². The molecule has 112 valence electrons. The quantitative estimate of drug-likeness (QED) is 0.762. The molecule has 6 nitrogen and oxygen atoms in total. The molecule has 0 saturated heterocycles. The van der Waals surface area contributed by atoms with Gasteiger partial charge >= 0.3 is 5.97 Å². The van der Waals surface area contributed by atoms with E-state index >= 15 is 0 Å². The predicted molar refractivity (Wildman–Crippen MR) is 76.9 cm³/mol. The van der Waals surface area contributed by atoms with Crippen LogP contribution in [0.15, 0.2) is 12.4 Å². The highest BCUT2D eigenvalue weighted by Gasteiger charge is 2.19. The van der Waals surface area contributed by atoms with Crippen LogP contribution in [0.3, 0.4) is 0 Å². The standard InChI is InChI=1S/C14H23N3O3/c1-10(2)9-20-12-8-15-7-11(16-12)17-14(3,4)6-5-13(18)19/h7-8,10H,5-6,9H2,1-4H3,(H,16,17)(H,18,19). The van der Waals surface area contributed by atoms with E-state index in [1.165, 1.54) is 0 Å². The fourth-order valence-corrected chi connectivity index (χ4v) is 1.56. The molecule has 0 aromatic carbocycles. The number of hydrogen-bond donors (Lipinski definition) is 2. The monoisotopic (exact) mass is 281 g/mol. The van der Waals surface area contributed by atoms with Gasteiger partial charge in [0.15, 0.2) is 0 Å². The van der Waals surface area contributed by atoms with Crippen LogP contribution >= 0.6 is 0 Å². The minimum atomic E-state index is -0.806. The number of nitrogens with zero attached hydrogens (tertiary/aromatic N) is 2. The topological polar surface area (TPSA) is 84.3 Å². The van der Waals surface area contributed by atoms with Crippen molar-refractivity contribution in [3.8, 4) is 5.88 Å². The molecule has 0 aliphatic carbocycles. The molecule has 0 radical (unpaired) electrons. The number of carboxylic acids is 1. The van der Waals surface area contributed by atoms with Crippen molar-refractivity contribution in [1.29, 1.82) is 0 Å². The van der Waals surface area contributed by atoms with Gasteiger partial charge in [-0.2, -0.15) is 4.98 Å². The van der Waals surface area contributed by atoms with Crippen LogP contribution in [0.4, 0.5) is 5.82 Å². The number of ether oxygens (including phenoxy) is 1.